The minimum atomic E-state index is -2.98. The van der Waals surface area contributed by atoms with E-state index in [2.05, 4.69) is 5.32 Å². The second kappa shape index (κ2) is 6.05. The molecule has 1 N–H and O–H groups in total. The van der Waals surface area contributed by atoms with Gasteiger partial charge in [-0.15, -0.1) is 0 Å². The van der Waals surface area contributed by atoms with Crippen LogP contribution in [0.3, 0.4) is 0 Å². The van der Waals surface area contributed by atoms with Crippen molar-refractivity contribution in [3.05, 3.63) is 28.8 Å². The standard InChI is InChI=1S/C15H21NO4S/c1-10-6-12(14(20-3)7-11(10)2)8-15(17)16-13-4-5-21(18,19)9-13/h6-7,13H,4-5,8-9H2,1-3H3,(H,16,17). The fraction of sp³-hybridized carbons (Fsp3) is 0.533. The molecule has 0 bridgehead atoms. The molecule has 1 fully saturated rings. The summed E-state index contributed by atoms with van der Waals surface area (Å²) in [5, 5.41) is 2.79. The highest BCUT2D eigenvalue weighted by Gasteiger charge is 2.29. The van der Waals surface area contributed by atoms with Gasteiger partial charge in [-0.1, -0.05) is 6.07 Å². The number of nitrogens with one attached hydrogen (secondary N) is 1. The number of hydrogen-bond acceptors (Lipinski definition) is 4. The van der Waals surface area contributed by atoms with Crippen molar-refractivity contribution in [1.29, 1.82) is 0 Å². The summed E-state index contributed by atoms with van der Waals surface area (Å²) in [6, 6.07) is 3.59. The molecule has 1 heterocycles. The Kier molecular flexibility index (Phi) is 4.56. The molecule has 6 heteroatoms. The van der Waals surface area contributed by atoms with Crippen molar-refractivity contribution < 1.29 is 17.9 Å². The van der Waals surface area contributed by atoms with Crippen molar-refractivity contribution in [3.63, 3.8) is 0 Å². The van der Waals surface area contributed by atoms with Crippen molar-refractivity contribution in [2.24, 2.45) is 0 Å². The van der Waals surface area contributed by atoms with Crippen molar-refractivity contribution >= 4 is 15.7 Å². The molecule has 1 aliphatic heterocycles. The van der Waals surface area contributed by atoms with E-state index in [0.717, 1.165) is 16.7 Å². The molecule has 1 unspecified atom stereocenters. The monoisotopic (exact) mass is 311 g/mol. The SMILES string of the molecule is COc1cc(C)c(C)cc1CC(=O)NC1CCS(=O)(=O)C1. The summed E-state index contributed by atoms with van der Waals surface area (Å²) < 4.78 is 28.1. The Morgan fingerprint density at radius 3 is 2.57 bits per heavy atom. The van der Waals surface area contributed by atoms with Crippen LogP contribution in [0.4, 0.5) is 0 Å². The van der Waals surface area contributed by atoms with E-state index in [1.807, 2.05) is 26.0 Å². The zero-order valence-electron chi connectivity index (χ0n) is 12.6. The molecule has 1 amide bonds. The van der Waals surface area contributed by atoms with Gasteiger partial charge in [-0.25, -0.2) is 8.42 Å². The van der Waals surface area contributed by atoms with Gasteiger partial charge >= 0.3 is 0 Å². The number of amides is 1. The van der Waals surface area contributed by atoms with Gasteiger partial charge in [-0.2, -0.15) is 0 Å². The van der Waals surface area contributed by atoms with Gasteiger partial charge in [0.1, 0.15) is 5.75 Å². The lowest BCUT2D eigenvalue weighted by Gasteiger charge is -2.14. The Morgan fingerprint density at radius 2 is 2.00 bits per heavy atom. The summed E-state index contributed by atoms with van der Waals surface area (Å²) in [5.41, 5.74) is 3.03. The van der Waals surface area contributed by atoms with E-state index in [1.54, 1.807) is 7.11 Å². The van der Waals surface area contributed by atoms with Crippen LogP contribution in [0, 0.1) is 13.8 Å². The molecule has 1 saturated heterocycles. The minimum absolute atomic E-state index is 0.0444. The Labute approximate surface area is 125 Å². The van der Waals surface area contributed by atoms with Gasteiger partial charge in [-0.3, -0.25) is 4.79 Å². The van der Waals surface area contributed by atoms with Crippen LogP contribution >= 0.6 is 0 Å². The zero-order valence-corrected chi connectivity index (χ0v) is 13.4. The Morgan fingerprint density at radius 1 is 1.33 bits per heavy atom. The highest BCUT2D eigenvalue weighted by Crippen LogP contribution is 2.23. The number of rotatable bonds is 4. The summed E-state index contributed by atoms with van der Waals surface area (Å²) in [6.45, 7) is 3.98. The van der Waals surface area contributed by atoms with Crippen LogP contribution < -0.4 is 10.1 Å². The first-order valence-electron chi connectivity index (χ1n) is 6.94. The smallest absolute Gasteiger partial charge is 0.224 e. The van der Waals surface area contributed by atoms with E-state index in [1.165, 1.54) is 0 Å². The van der Waals surface area contributed by atoms with Gasteiger partial charge in [0.05, 0.1) is 25.0 Å². The van der Waals surface area contributed by atoms with Crippen molar-refractivity contribution in [2.45, 2.75) is 32.7 Å². The number of ether oxygens (including phenoxy) is 1. The van der Waals surface area contributed by atoms with E-state index in [0.29, 0.717) is 12.2 Å². The quantitative estimate of drug-likeness (QED) is 0.905. The lowest BCUT2D eigenvalue weighted by molar-refractivity contribution is -0.121. The second-order valence-electron chi connectivity index (χ2n) is 5.59. The molecule has 2 rings (SSSR count). The molecule has 0 saturated carbocycles. The van der Waals surface area contributed by atoms with E-state index in [4.69, 9.17) is 4.74 Å². The molecular formula is C15H21NO4S. The van der Waals surface area contributed by atoms with E-state index in [9.17, 15) is 13.2 Å². The van der Waals surface area contributed by atoms with Gasteiger partial charge in [0.15, 0.2) is 9.84 Å². The molecule has 5 nitrogen and oxygen atoms in total. The molecule has 0 aromatic heterocycles. The number of aryl methyl sites for hydroxylation is 2. The summed E-state index contributed by atoms with van der Waals surface area (Å²) in [6.07, 6.45) is 0.693. The first kappa shape index (κ1) is 15.8. The third-order valence-corrected chi connectivity index (χ3v) is 5.61. The summed E-state index contributed by atoms with van der Waals surface area (Å²) in [4.78, 5) is 12.1. The van der Waals surface area contributed by atoms with Crippen LogP contribution in [0.2, 0.25) is 0 Å². The molecule has 116 valence electrons. The van der Waals surface area contributed by atoms with Crippen LogP contribution in [-0.2, 0) is 21.1 Å². The highest BCUT2D eigenvalue weighted by molar-refractivity contribution is 7.91. The molecule has 0 spiro atoms. The van der Waals surface area contributed by atoms with Crippen LogP contribution in [0.15, 0.2) is 12.1 Å². The first-order valence-corrected chi connectivity index (χ1v) is 8.77. The number of carbonyl (C=O) groups is 1. The Balaban J connectivity index is 2.05. The van der Waals surface area contributed by atoms with Crippen LogP contribution in [0.1, 0.15) is 23.1 Å². The molecule has 1 aromatic rings. The Hall–Kier alpha value is -1.56. The normalized spacial score (nSPS) is 20.2. The molecule has 21 heavy (non-hydrogen) atoms. The number of hydrogen-bond donors (Lipinski definition) is 1. The first-order chi connectivity index (χ1) is 9.80. The lowest BCUT2D eigenvalue weighted by Crippen LogP contribution is -2.36. The fourth-order valence-corrected chi connectivity index (χ4v) is 4.21. The van der Waals surface area contributed by atoms with Crippen molar-refractivity contribution in [3.8, 4) is 5.75 Å². The maximum atomic E-state index is 12.1. The number of methoxy groups -OCH3 is 1. The van der Waals surface area contributed by atoms with Gasteiger partial charge in [0, 0.05) is 11.6 Å². The average molecular weight is 311 g/mol. The molecular weight excluding hydrogens is 290 g/mol. The molecule has 1 aliphatic rings. The Bertz CT molecular complexity index is 652. The number of carbonyl (C=O) groups excluding carboxylic acids is 1. The highest BCUT2D eigenvalue weighted by atomic mass is 32.2. The number of sulfone groups is 1. The second-order valence-corrected chi connectivity index (χ2v) is 7.82. The summed E-state index contributed by atoms with van der Waals surface area (Å²) >= 11 is 0. The van der Waals surface area contributed by atoms with Gasteiger partial charge in [0.2, 0.25) is 5.91 Å². The third-order valence-electron chi connectivity index (χ3n) is 3.85. The van der Waals surface area contributed by atoms with E-state index >= 15 is 0 Å². The number of benzene rings is 1. The van der Waals surface area contributed by atoms with Crippen molar-refractivity contribution in [2.75, 3.05) is 18.6 Å². The van der Waals surface area contributed by atoms with Gasteiger partial charge in [-0.05, 0) is 37.5 Å². The fourth-order valence-electron chi connectivity index (χ4n) is 2.54. The lowest BCUT2D eigenvalue weighted by atomic mass is 10.0. The van der Waals surface area contributed by atoms with Crippen LogP contribution in [0.25, 0.3) is 0 Å². The maximum Gasteiger partial charge on any atom is 0.224 e. The van der Waals surface area contributed by atoms with E-state index < -0.39 is 9.84 Å². The maximum absolute atomic E-state index is 12.1. The molecule has 1 atom stereocenters. The average Bonchev–Trinajstić information content (AvgIpc) is 2.72. The third kappa shape index (κ3) is 3.97. The predicted octanol–water partition coefficient (Wildman–Crippen LogP) is 1.16. The summed E-state index contributed by atoms with van der Waals surface area (Å²) in [5.74, 6) is 0.721. The van der Waals surface area contributed by atoms with Crippen molar-refractivity contribution in [1.82, 2.24) is 5.32 Å². The van der Waals surface area contributed by atoms with Crippen LogP contribution in [-0.4, -0.2) is 39.0 Å². The van der Waals surface area contributed by atoms with Gasteiger partial charge < -0.3 is 10.1 Å². The van der Waals surface area contributed by atoms with Gasteiger partial charge in [0.25, 0.3) is 0 Å². The molecule has 0 radical (unpaired) electrons. The zero-order chi connectivity index (χ0) is 15.6. The summed E-state index contributed by atoms with van der Waals surface area (Å²) in [7, 11) is -1.40. The van der Waals surface area contributed by atoms with Crippen LogP contribution in [0.5, 0.6) is 5.75 Å². The minimum Gasteiger partial charge on any atom is -0.496 e. The molecule has 1 aromatic carbocycles. The largest absolute Gasteiger partial charge is 0.496 e. The molecule has 0 aliphatic carbocycles. The van der Waals surface area contributed by atoms with E-state index in [-0.39, 0.29) is 29.9 Å². The predicted molar refractivity (Wildman–Crippen MR) is 81.4 cm³/mol. The topological polar surface area (TPSA) is 72.5 Å².